The molecule has 26 heavy (non-hydrogen) atoms. The predicted octanol–water partition coefficient (Wildman–Crippen LogP) is 1.82. The van der Waals surface area contributed by atoms with E-state index in [1.807, 2.05) is 4.90 Å². The highest BCUT2D eigenvalue weighted by Crippen LogP contribution is 2.37. The smallest absolute Gasteiger partial charge is 0.248 e. The lowest BCUT2D eigenvalue weighted by Crippen LogP contribution is -2.53. The SMILES string of the molecule is O=C(COC1CCOC2(CCN(C3CCOCC3)CC2)C1)N1CCCC1. The van der Waals surface area contributed by atoms with Crippen LogP contribution in [0.4, 0.5) is 0 Å². The molecule has 4 saturated heterocycles. The van der Waals surface area contributed by atoms with Crippen molar-refractivity contribution >= 4 is 5.91 Å². The minimum absolute atomic E-state index is 0.0265. The Morgan fingerprint density at radius 1 is 1.00 bits per heavy atom. The molecule has 0 aliphatic carbocycles. The zero-order chi connectivity index (χ0) is 17.8. The van der Waals surface area contributed by atoms with Gasteiger partial charge in [-0.2, -0.15) is 0 Å². The first-order chi connectivity index (χ1) is 12.7. The van der Waals surface area contributed by atoms with Gasteiger partial charge in [-0.15, -0.1) is 0 Å². The summed E-state index contributed by atoms with van der Waals surface area (Å²) in [5.41, 5.74) is -0.0265. The number of nitrogens with zero attached hydrogens (tertiary/aromatic N) is 2. The standard InChI is InChI=1S/C20H34N2O4/c23-19(22-8-1-2-9-22)16-25-18-5-14-26-20(15-18)6-10-21(11-7-20)17-3-12-24-13-4-17/h17-18H,1-16H2. The molecule has 4 heterocycles. The van der Waals surface area contributed by atoms with E-state index in [1.54, 1.807) is 0 Å². The molecule has 4 aliphatic rings. The first kappa shape index (κ1) is 18.7. The quantitative estimate of drug-likeness (QED) is 0.760. The number of carbonyl (C=O) groups is 1. The number of carbonyl (C=O) groups excluding carboxylic acids is 1. The maximum absolute atomic E-state index is 12.2. The summed E-state index contributed by atoms with van der Waals surface area (Å²) in [6.07, 6.45) is 8.81. The monoisotopic (exact) mass is 366 g/mol. The molecule has 0 aromatic rings. The summed E-state index contributed by atoms with van der Waals surface area (Å²) >= 11 is 0. The number of amides is 1. The van der Waals surface area contributed by atoms with E-state index in [1.165, 1.54) is 0 Å². The van der Waals surface area contributed by atoms with Gasteiger partial charge in [0, 0.05) is 58.5 Å². The summed E-state index contributed by atoms with van der Waals surface area (Å²) in [6.45, 7) is 6.86. The van der Waals surface area contributed by atoms with Gasteiger partial charge in [-0.05, 0) is 44.9 Å². The molecule has 1 spiro atoms. The Balaban J connectivity index is 1.23. The summed E-state index contributed by atoms with van der Waals surface area (Å²) in [7, 11) is 0. The normalized spacial score (nSPS) is 30.8. The van der Waals surface area contributed by atoms with E-state index in [-0.39, 0.29) is 24.2 Å². The Labute approximate surface area is 157 Å². The van der Waals surface area contributed by atoms with Crippen molar-refractivity contribution in [1.82, 2.24) is 9.80 Å². The third-order valence-corrected chi connectivity index (χ3v) is 6.77. The van der Waals surface area contributed by atoms with Crippen LogP contribution in [0.5, 0.6) is 0 Å². The summed E-state index contributed by atoms with van der Waals surface area (Å²) in [4.78, 5) is 16.8. The highest BCUT2D eigenvalue weighted by molar-refractivity contribution is 5.77. The second kappa shape index (κ2) is 8.55. The van der Waals surface area contributed by atoms with Crippen molar-refractivity contribution in [3.8, 4) is 0 Å². The van der Waals surface area contributed by atoms with Crippen molar-refractivity contribution in [2.24, 2.45) is 0 Å². The molecule has 0 bridgehead atoms. The first-order valence-electron chi connectivity index (χ1n) is 10.6. The van der Waals surface area contributed by atoms with Crippen LogP contribution in [0.1, 0.15) is 51.4 Å². The molecule has 148 valence electrons. The highest BCUT2D eigenvalue weighted by atomic mass is 16.5. The number of hydrogen-bond donors (Lipinski definition) is 0. The van der Waals surface area contributed by atoms with Crippen molar-refractivity contribution < 1.29 is 19.0 Å². The van der Waals surface area contributed by atoms with E-state index < -0.39 is 0 Å². The molecule has 0 saturated carbocycles. The Morgan fingerprint density at radius 3 is 2.46 bits per heavy atom. The number of rotatable bonds is 4. The van der Waals surface area contributed by atoms with Gasteiger partial charge in [0.2, 0.25) is 5.91 Å². The fourth-order valence-corrected chi connectivity index (χ4v) is 5.07. The minimum Gasteiger partial charge on any atom is -0.381 e. The molecule has 6 nitrogen and oxygen atoms in total. The topological polar surface area (TPSA) is 51.2 Å². The number of likely N-dealkylation sites (tertiary alicyclic amines) is 2. The van der Waals surface area contributed by atoms with Crippen LogP contribution in [0.3, 0.4) is 0 Å². The summed E-state index contributed by atoms with van der Waals surface area (Å²) in [5.74, 6) is 0.164. The zero-order valence-corrected chi connectivity index (χ0v) is 16.0. The molecule has 6 heteroatoms. The van der Waals surface area contributed by atoms with Gasteiger partial charge in [0.25, 0.3) is 0 Å². The predicted molar refractivity (Wildman–Crippen MR) is 98.1 cm³/mol. The van der Waals surface area contributed by atoms with Gasteiger partial charge in [0.1, 0.15) is 6.61 Å². The number of ether oxygens (including phenoxy) is 3. The van der Waals surface area contributed by atoms with Gasteiger partial charge in [0.05, 0.1) is 11.7 Å². The highest BCUT2D eigenvalue weighted by Gasteiger charge is 2.42. The summed E-state index contributed by atoms with van der Waals surface area (Å²) < 4.78 is 17.8. The van der Waals surface area contributed by atoms with Gasteiger partial charge in [-0.25, -0.2) is 0 Å². The zero-order valence-electron chi connectivity index (χ0n) is 16.0. The van der Waals surface area contributed by atoms with Crippen LogP contribution >= 0.6 is 0 Å². The molecule has 0 aromatic heterocycles. The molecule has 1 amide bonds. The van der Waals surface area contributed by atoms with E-state index in [4.69, 9.17) is 14.2 Å². The van der Waals surface area contributed by atoms with Crippen molar-refractivity contribution in [1.29, 1.82) is 0 Å². The molecule has 1 atom stereocenters. The Kier molecular flexibility index (Phi) is 6.14. The molecule has 0 N–H and O–H groups in total. The van der Waals surface area contributed by atoms with Gasteiger partial charge in [-0.1, -0.05) is 0 Å². The van der Waals surface area contributed by atoms with Crippen molar-refractivity contribution in [2.45, 2.75) is 69.1 Å². The van der Waals surface area contributed by atoms with Crippen LogP contribution < -0.4 is 0 Å². The molecule has 4 fully saturated rings. The van der Waals surface area contributed by atoms with Gasteiger partial charge < -0.3 is 19.1 Å². The molecule has 4 rings (SSSR count). The fourth-order valence-electron chi connectivity index (χ4n) is 5.07. The third-order valence-electron chi connectivity index (χ3n) is 6.77. The minimum atomic E-state index is -0.0265. The van der Waals surface area contributed by atoms with Crippen molar-refractivity contribution in [2.75, 3.05) is 52.6 Å². The number of hydrogen-bond acceptors (Lipinski definition) is 5. The van der Waals surface area contributed by atoms with Gasteiger partial charge in [-0.3, -0.25) is 9.69 Å². The van der Waals surface area contributed by atoms with E-state index in [0.717, 1.165) is 97.4 Å². The lowest BCUT2D eigenvalue weighted by molar-refractivity contribution is -0.165. The van der Waals surface area contributed by atoms with Crippen LogP contribution in [-0.4, -0.2) is 86.1 Å². The van der Waals surface area contributed by atoms with E-state index in [2.05, 4.69) is 4.90 Å². The largest absolute Gasteiger partial charge is 0.381 e. The van der Waals surface area contributed by atoms with Crippen LogP contribution in [0.15, 0.2) is 0 Å². The average molecular weight is 367 g/mol. The molecule has 0 aromatic carbocycles. The maximum Gasteiger partial charge on any atom is 0.248 e. The average Bonchev–Trinajstić information content (AvgIpc) is 3.23. The Morgan fingerprint density at radius 2 is 1.73 bits per heavy atom. The lowest BCUT2D eigenvalue weighted by atomic mass is 9.82. The van der Waals surface area contributed by atoms with E-state index in [0.29, 0.717) is 6.04 Å². The molecule has 0 radical (unpaired) electrons. The molecular weight excluding hydrogens is 332 g/mol. The van der Waals surface area contributed by atoms with Crippen LogP contribution in [0.25, 0.3) is 0 Å². The van der Waals surface area contributed by atoms with E-state index in [9.17, 15) is 4.79 Å². The van der Waals surface area contributed by atoms with Crippen molar-refractivity contribution in [3.63, 3.8) is 0 Å². The van der Waals surface area contributed by atoms with Gasteiger partial charge >= 0.3 is 0 Å². The molecule has 4 aliphatic heterocycles. The second-order valence-electron chi connectivity index (χ2n) is 8.42. The maximum atomic E-state index is 12.2. The first-order valence-corrected chi connectivity index (χ1v) is 10.6. The van der Waals surface area contributed by atoms with E-state index >= 15 is 0 Å². The second-order valence-corrected chi connectivity index (χ2v) is 8.42. The lowest BCUT2D eigenvalue weighted by Gasteiger charge is -2.48. The fraction of sp³-hybridized carbons (Fsp3) is 0.950. The Hall–Kier alpha value is -0.690. The Bertz CT molecular complexity index is 466. The van der Waals surface area contributed by atoms with Crippen LogP contribution in [0.2, 0.25) is 0 Å². The molecule has 1 unspecified atom stereocenters. The third kappa shape index (κ3) is 4.41. The molecular formula is C20H34N2O4. The number of piperidine rings is 1. The summed E-state index contributed by atoms with van der Waals surface area (Å²) in [6, 6.07) is 0.690. The van der Waals surface area contributed by atoms with Gasteiger partial charge in [0.15, 0.2) is 0 Å². The summed E-state index contributed by atoms with van der Waals surface area (Å²) in [5, 5.41) is 0. The van der Waals surface area contributed by atoms with Crippen LogP contribution in [-0.2, 0) is 19.0 Å². The van der Waals surface area contributed by atoms with Crippen LogP contribution in [0, 0.1) is 0 Å². The van der Waals surface area contributed by atoms with Crippen molar-refractivity contribution in [3.05, 3.63) is 0 Å².